The molecule has 1 heterocycles. The van der Waals surface area contributed by atoms with Crippen molar-refractivity contribution in [3.63, 3.8) is 0 Å². The summed E-state index contributed by atoms with van der Waals surface area (Å²) in [5, 5.41) is 10.4. The summed E-state index contributed by atoms with van der Waals surface area (Å²) in [7, 11) is 0. The summed E-state index contributed by atoms with van der Waals surface area (Å²) in [5.41, 5.74) is 0.128. The summed E-state index contributed by atoms with van der Waals surface area (Å²) in [5.74, 6) is 3.04. The molecule has 0 spiro atoms. The number of rotatable bonds is 7. The Morgan fingerprint density at radius 2 is 1.92 bits per heavy atom. The standard InChI is InChI=1S/C19H30N4O2S/c1-3-4-23-17(25)21-22-18(23)26-11-16(24)20-12(2)19-8-13-5-14(9-19)7-15(6-13)10-19/h12-15H,3-11H2,1-2H3,(H,20,24)(H,21,25)/t12-,13?,14?,15?,19?/m0/s1. The minimum absolute atomic E-state index is 0.0525. The second kappa shape index (κ2) is 7.06. The van der Waals surface area contributed by atoms with E-state index in [0.29, 0.717) is 22.9 Å². The smallest absolute Gasteiger partial charge is 0.343 e. The number of hydrogen-bond acceptors (Lipinski definition) is 4. The Morgan fingerprint density at radius 1 is 1.31 bits per heavy atom. The van der Waals surface area contributed by atoms with Crippen LogP contribution in [0.15, 0.2) is 9.95 Å². The molecule has 4 aliphatic carbocycles. The van der Waals surface area contributed by atoms with Crippen LogP contribution in [-0.2, 0) is 11.3 Å². The predicted octanol–water partition coefficient (Wildman–Crippen LogP) is 2.79. The minimum Gasteiger partial charge on any atom is -0.352 e. The molecule has 0 unspecified atom stereocenters. The lowest BCUT2D eigenvalue weighted by atomic mass is 9.48. The molecule has 26 heavy (non-hydrogen) atoms. The number of nitrogens with zero attached hydrogens (tertiary/aromatic N) is 2. The highest BCUT2D eigenvalue weighted by atomic mass is 32.2. The van der Waals surface area contributed by atoms with Crippen molar-refractivity contribution < 1.29 is 4.79 Å². The fraction of sp³-hybridized carbons (Fsp3) is 0.842. The minimum atomic E-state index is -0.198. The van der Waals surface area contributed by atoms with E-state index >= 15 is 0 Å². The van der Waals surface area contributed by atoms with E-state index in [2.05, 4.69) is 22.4 Å². The van der Waals surface area contributed by atoms with Crippen molar-refractivity contribution in [1.29, 1.82) is 0 Å². The molecule has 5 rings (SSSR count). The van der Waals surface area contributed by atoms with Crippen LogP contribution in [0.2, 0.25) is 0 Å². The van der Waals surface area contributed by atoms with Crippen molar-refractivity contribution in [2.75, 3.05) is 5.75 Å². The van der Waals surface area contributed by atoms with Crippen LogP contribution >= 0.6 is 11.8 Å². The Morgan fingerprint density at radius 3 is 2.50 bits per heavy atom. The Hall–Kier alpha value is -1.24. The largest absolute Gasteiger partial charge is 0.352 e. The summed E-state index contributed by atoms with van der Waals surface area (Å²) in [4.78, 5) is 24.3. The van der Waals surface area contributed by atoms with Crippen LogP contribution in [0, 0.1) is 23.2 Å². The molecule has 4 fully saturated rings. The predicted molar refractivity (Wildman–Crippen MR) is 102 cm³/mol. The van der Waals surface area contributed by atoms with Crippen LogP contribution in [0.1, 0.15) is 58.8 Å². The van der Waals surface area contributed by atoms with Crippen molar-refractivity contribution >= 4 is 17.7 Å². The maximum atomic E-state index is 12.5. The first-order valence-electron chi connectivity index (χ1n) is 10.1. The second-order valence-corrected chi connectivity index (χ2v) is 9.76. The van der Waals surface area contributed by atoms with Crippen LogP contribution in [0.25, 0.3) is 0 Å². The lowest BCUT2D eigenvalue weighted by Gasteiger charge is -2.59. The molecule has 1 aromatic rings. The molecule has 4 bridgehead atoms. The molecule has 0 aromatic carbocycles. The molecule has 0 saturated heterocycles. The van der Waals surface area contributed by atoms with Crippen molar-refractivity contribution in [2.45, 2.75) is 76.5 Å². The van der Waals surface area contributed by atoms with E-state index in [9.17, 15) is 9.59 Å². The zero-order valence-corrected chi connectivity index (χ0v) is 16.6. The van der Waals surface area contributed by atoms with Gasteiger partial charge in [-0.3, -0.25) is 9.36 Å². The molecule has 4 aliphatic rings. The van der Waals surface area contributed by atoms with Crippen LogP contribution < -0.4 is 11.0 Å². The maximum absolute atomic E-state index is 12.5. The number of aromatic amines is 1. The van der Waals surface area contributed by atoms with Gasteiger partial charge in [0.05, 0.1) is 5.75 Å². The highest BCUT2D eigenvalue weighted by Crippen LogP contribution is 2.61. The third-order valence-electron chi connectivity index (χ3n) is 6.88. The first kappa shape index (κ1) is 18.1. The van der Waals surface area contributed by atoms with Gasteiger partial charge in [0.15, 0.2) is 5.16 Å². The van der Waals surface area contributed by atoms with E-state index in [1.165, 1.54) is 50.3 Å². The maximum Gasteiger partial charge on any atom is 0.343 e. The fourth-order valence-electron chi connectivity index (χ4n) is 6.11. The van der Waals surface area contributed by atoms with Crippen molar-refractivity contribution in [3.8, 4) is 0 Å². The summed E-state index contributed by atoms with van der Waals surface area (Å²) < 4.78 is 1.61. The lowest BCUT2D eigenvalue weighted by Crippen LogP contribution is -2.56. The number of carbonyl (C=O) groups excluding carboxylic acids is 1. The van der Waals surface area contributed by atoms with Gasteiger partial charge in [-0.25, -0.2) is 9.89 Å². The summed E-state index contributed by atoms with van der Waals surface area (Å²) in [6.07, 6.45) is 9.01. The average Bonchev–Trinajstić information content (AvgIpc) is 2.92. The fourth-order valence-corrected chi connectivity index (χ4v) is 6.89. The summed E-state index contributed by atoms with van der Waals surface area (Å²) in [6, 6.07) is 0.237. The number of aromatic nitrogens is 3. The van der Waals surface area contributed by atoms with Crippen LogP contribution in [0.5, 0.6) is 0 Å². The summed E-state index contributed by atoms with van der Waals surface area (Å²) in [6.45, 7) is 4.86. The molecule has 1 aromatic heterocycles. The molecule has 0 radical (unpaired) electrons. The number of thioether (sulfide) groups is 1. The van der Waals surface area contributed by atoms with E-state index in [-0.39, 0.29) is 17.6 Å². The highest BCUT2D eigenvalue weighted by Gasteiger charge is 2.53. The lowest BCUT2D eigenvalue weighted by molar-refractivity contribution is -0.123. The number of carbonyl (C=O) groups is 1. The molecule has 6 nitrogen and oxygen atoms in total. The third kappa shape index (κ3) is 3.35. The molecular weight excluding hydrogens is 348 g/mol. The van der Waals surface area contributed by atoms with E-state index in [0.717, 1.165) is 24.2 Å². The van der Waals surface area contributed by atoms with Gasteiger partial charge in [0.1, 0.15) is 0 Å². The Balaban J connectivity index is 1.34. The molecule has 4 saturated carbocycles. The van der Waals surface area contributed by atoms with E-state index in [1.54, 1.807) is 4.57 Å². The highest BCUT2D eigenvalue weighted by molar-refractivity contribution is 7.99. The number of H-pyrrole nitrogens is 1. The molecule has 1 amide bonds. The normalized spacial score (nSPS) is 33.4. The topological polar surface area (TPSA) is 79.8 Å². The number of nitrogens with one attached hydrogen (secondary N) is 2. The quantitative estimate of drug-likeness (QED) is 0.715. The second-order valence-electron chi connectivity index (χ2n) is 8.82. The Labute approximate surface area is 158 Å². The Kier molecular flexibility index (Phi) is 4.92. The molecule has 1 atom stereocenters. The van der Waals surface area contributed by atoms with Gasteiger partial charge in [-0.15, -0.1) is 5.10 Å². The van der Waals surface area contributed by atoms with Gasteiger partial charge < -0.3 is 5.32 Å². The SMILES string of the molecule is CCCn1c(SCC(=O)N[C@@H](C)C23CC4CC(CC(C4)C2)C3)n[nH]c1=O. The zero-order valence-electron chi connectivity index (χ0n) is 15.8. The van der Waals surface area contributed by atoms with Crippen LogP contribution in [-0.4, -0.2) is 32.5 Å². The van der Waals surface area contributed by atoms with Crippen molar-refractivity contribution in [2.24, 2.45) is 23.2 Å². The van der Waals surface area contributed by atoms with Crippen LogP contribution in [0.4, 0.5) is 0 Å². The van der Waals surface area contributed by atoms with Crippen LogP contribution in [0.3, 0.4) is 0 Å². The van der Waals surface area contributed by atoms with Gasteiger partial charge in [0.25, 0.3) is 0 Å². The first-order valence-corrected chi connectivity index (χ1v) is 11.0. The molecule has 7 heteroatoms. The van der Waals surface area contributed by atoms with Crippen molar-refractivity contribution in [3.05, 3.63) is 10.5 Å². The zero-order chi connectivity index (χ0) is 18.3. The van der Waals surface area contributed by atoms with Gasteiger partial charge >= 0.3 is 5.69 Å². The molecule has 0 aliphatic heterocycles. The summed E-state index contributed by atoms with van der Waals surface area (Å²) >= 11 is 1.34. The van der Waals surface area contributed by atoms with Gasteiger partial charge in [0.2, 0.25) is 5.91 Å². The molecular formula is C19H30N4O2S. The van der Waals surface area contributed by atoms with Crippen molar-refractivity contribution in [1.82, 2.24) is 20.1 Å². The number of hydrogen-bond donors (Lipinski definition) is 2. The van der Waals surface area contributed by atoms with Gasteiger partial charge in [-0.2, -0.15) is 0 Å². The Bertz CT molecular complexity index is 690. The van der Waals surface area contributed by atoms with Gasteiger partial charge in [0, 0.05) is 12.6 Å². The monoisotopic (exact) mass is 378 g/mol. The molecule has 2 N–H and O–H groups in total. The van der Waals surface area contributed by atoms with Gasteiger partial charge in [-0.05, 0) is 75.0 Å². The molecule has 144 valence electrons. The average molecular weight is 379 g/mol. The first-order chi connectivity index (χ1) is 12.5. The van der Waals surface area contributed by atoms with E-state index in [1.807, 2.05) is 6.92 Å². The third-order valence-corrected chi connectivity index (χ3v) is 7.86. The van der Waals surface area contributed by atoms with E-state index < -0.39 is 0 Å². The number of amides is 1. The van der Waals surface area contributed by atoms with E-state index in [4.69, 9.17) is 0 Å². The van der Waals surface area contributed by atoms with Gasteiger partial charge in [-0.1, -0.05) is 18.7 Å².